The lowest BCUT2D eigenvalue weighted by molar-refractivity contribution is -0.145. The van der Waals surface area contributed by atoms with E-state index in [-0.39, 0.29) is 29.7 Å². The van der Waals surface area contributed by atoms with Gasteiger partial charge in [0.15, 0.2) is 11.5 Å². The Hall–Kier alpha value is -2.74. The minimum Gasteiger partial charge on any atom is -0.489 e. The lowest BCUT2D eigenvalue weighted by Crippen LogP contribution is -2.56. The highest BCUT2D eigenvalue weighted by Gasteiger charge is 2.62. The van der Waals surface area contributed by atoms with Crippen molar-refractivity contribution >= 4 is 23.5 Å². The van der Waals surface area contributed by atoms with Gasteiger partial charge in [-0.1, -0.05) is 17.7 Å². The number of guanidine groups is 1. The number of amides is 1. The number of nitrogens with zero attached hydrogens (tertiary/aromatic N) is 2. The number of carbonyl (C=O) groups excluding carboxylic acids is 1. The summed E-state index contributed by atoms with van der Waals surface area (Å²) in [6, 6.07) is 9.10. The summed E-state index contributed by atoms with van der Waals surface area (Å²) in [6.45, 7) is 0. The number of ether oxygens (including phenoxy) is 1. The molecule has 0 saturated heterocycles. The molecule has 2 aromatic rings. The second-order valence-corrected chi connectivity index (χ2v) is 8.77. The second-order valence-electron chi connectivity index (χ2n) is 8.33. The quantitative estimate of drug-likeness (QED) is 0.704. The number of fused-ring (bicyclic) bond motifs is 4. The Morgan fingerprint density at radius 1 is 1.23 bits per heavy atom. The van der Waals surface area contributed by atoms with Crippen molar-refractivity contribution in [2.45, 2.75) is 36.8 Å². The smallest absolute Gasteiger partial charge is 0.262 e. The molecule has 1 spiro atoms. The summed E-state index contributed by atoms with van der Waals surface area (Å²) < 4.78 is 48.2. The fourth-order valence-corrected chi connectivity index (χ4v) is 5.19. The first-order valence-electron chi connectivity index (χ1n) is 9.90. The molecule has 3 aliphatic rings. The largest absolute Gasteiger partial charge is 0.489 e. The molecule has 0 aromatic heterocycles. The Bertz CT molecular complexity index is 1120. The first kappa shape index (κ1) is 20.2. The Kier molecular flexibility index (Phi) is 4.31. The molecule has 2 N–H and O–H groups in total. The van der Waals surface area contributed by atoms with Gasteiger partial charge in [-0.25, -0.2) is 18.2 Å². The van der Waals surface area contributed by atoms with Crippen LogP contribution >= 0.6 is 11.6 Å². The second kappa shape index (κ2) is 6.63. The van der Waals surface area contributed by atoms with Crippen LogP contribution in [0.4, 0.5) is 13.2 Å². The number of alkyl halides is 2. The lowest BCUT2D eigenvalue weighted by Gasteiger charge is -2.47. The molecule has 31 heavy (non-hydrogen) atoms. The summed E-state index contributed by atoms with van der Waals surface area (Å²) in [5, 5.41) is 0.229. The Morgan fingerprint density at radius 2 is 2.00 bits per heavy atom. The van der Waals surface area contributed by atoms with Gasteiger partial charge in [-0.3, -0.25) is 9.69 Å². The van der Waals surface area contributed by atoms with E-state index in [1.54, 1.807) is 24.3 Å². The molecule has 1 saturated carbocycles. The number of benzene rings is 2. The maximum atomic E-state index is 14.2. The van der Waals surface area contributed by atoms with Crippen LogP contribution < -0.4 is 10.5 Å². The minimum absolute atomic E-state index is 0.0214. The zero-order valence-corrected chi connectivity index (χ0v) is 17.3. The summed E-state index contributed by atoms with van der Waals surface area (Å²) in [5.41, 5.74) is 6.08. The van der Waals surface area contributed by atoms with Crippen LogP contribution in [-0.2, 0) is 10.3 Å². The van der Waals surface area contributed by atoms with Gasteiger partial charge < -0.3 is 10.5 Å². The highest BCUT2D eigenvalue weighted by atomic mass is 35.5. The van der Waals surface area contributed by atoms with Gasteiger partial charge >= 0.3 is 0 Å². The number of hydrogen-bond acceptors (Lipinski definition) is 4. The van der Waals surface area contributed by atoms with Crippen LogP contribution in [0.1, 0.15) is 24.8 Å². The highest BCUT2D eigenvalue weighted by Crippen LogP contribution is 2.55. The molecule has 0 radical (unpaired) electrons. The molecular formula is C22H19ClF3N3O2. The van der Waals surface area contributed by atoms with Gasteiger partial charge in [0.25, 0.3) is 11.8 Å². The summed E-state index contributed by atoms with van der Waals surface area (Å²) in [7, 11) is 1.51. The molecule has 5 rings (SSSR count). The van der Waals surface area contributed by atoms with Crippen LogP contribution in [0.3, 0.4) is 0 Å². The van der Waals surface area contributed by atoms with Crippen molar-refractivity contribution < 1.29 is 22.7 Å². The van der Waals surface area contributed by atoms with Gasteiger partial charge in [-0.05, 0) is 47.9 Å². The van der Waals surface area contributed by atoms with E-state index in [4.69, 9.17) is 22.1 Å². The number of rotatable bonds is 1. The lowest BCUT2D eigenvalue weighted by atomic mass is 9.66. The molecule has 3 unspecified atom stereocenters. The van der Waals surface area contributed by atoms with Crippen molar-refractivity contribution in [3.63, 3.8) is 0 Å². The molecule has 1 aliphatic carbocycles. The van der Waals surface area contributed by atoms with Crippen molar-refractivity contribution in [2.75, 3.05) is 7.05 Å². The van der Waals surface area contributed by atoms with Crippen LogP contribution in [0.15, 0.2) is 41.4 Å². The van der Waals surface area contributed by atoms with Gasteiger partial charge in [-0.15, -0.1) is 0 Å². The minimum atomic E-state index is -2.87. The number of likely N-dealkylation sites (N-methyl/N-ethyl adjacent to an activating group) is 1. The van der Waals surface area contributed by atoms with E-state index in [0.29, 0.717) is 22.4 Å². The normalized spacial score (nSPS) is 28.7. The zero-order chi connectivity index (χ0) is 22.1. The van der Waals surface area contributed by atoms with Gasteiger partial charge in [0.1, 0.15) is 17.7 Å². The summed E-state index contributed by atoms with van der Waals surface area (Å²) >= 11 is 6.01. The number of carbonyl (C=O) groups is 1. The number of aliphatic imine (C=N–C) groups is 1. The Balaban J connectivity index is 1.71. The van der Waals surface area contributed by atoms with Gasteiger partial charge in [0, 0.05) is 36.4 Å². The Labute approximate surface area is 181 Å². The average Bonchev–Trinajstić information content (AvgIpc) is 2.91. The van der Waals surface area contributed by atoms with Crippen molar-refractivity contribution in [1.29, 1.82) is 0 Å². The van der Waals surface area contributed by atoms with Crippen molar-refractivity contribution in [2.24, 2.45) is 16.6 Å². The third kappa shape index (κ3) is 2.99. The fourth-order valence-electron chi connectivity index (χ4n) is 4.97. The topological polar surface area (TPSA) is 67.9 Å². The van der Waals surface area contributed by atoms with E-state index < -0.39 is 35.7 Å². The molecule has 1 fully saturated rings. The van der Waals surface area contributed by atoms with Crippen molar-refractivity contribution in [1.82, 2.24) is 4.90 Å². The highest BCUT2D eigenvalue weighted by molar-refractivity contribution is 6.30. The Morgan fingerprint density at radius 3 is 2.68 bits per heavy atom. The predicted molar refractivity (Wildman–Crippen MR) is 110 cm³/mol. The molecular weight excluding hydrogens is 431 g/mol. The molecule has 3 atom stereocenters. The molecule has 162 valence electrons. The third-order valence-corrected chi connectivity index (χ3v) is 6.65. The first-order valence-corrected chi connectivity index (χ1v) is 10.3. The van der Waals surface area contributed by atoms with Crippen LogP contribution in [0.5, 0.6) is 5.75 Å². The van der Waals surface area contributed by atoms with Crippen LogP contribution in [-0.4, -0.2) is 35.8 Å². The van der Waals surface area contributed by atoms with E-state index >= 15 is 0 Å². The molecule has 0 bridgehead atoms. The maximum Gasteiger partial charge on any atom is 0.262 e. The summed E-state index contributed by atoms with van der Waals surface area (Å²) in [6.07, 6.45) is -1.67. The molecule has 9 heteroatoms. The molecule has 2 heterocycles. The van der Waals surface area contributed by atoms with E-state index in [9.17, 15) is 18.0 Å². The zero-order valence-electron chi connectivity index (χ0n) is 16.5. The SMILES string of the molecule is CN1C(=O)C2(N=C1N)c1cc(-c3cc(F)cc(Cl)c3)ccc1OC1CC(F)(F)CCC12. The van der Waals surface area contributed by atoms with Gasteiger partial charge in [0.2, 0.25) is 0 Å². The van der Waals surface area contributed by atoms with Gasteiger partial charge in [0.05, 0.1) is 0 Å². The monoisotopic (exact) mass is 449 g/mol. The van der Waals surface area contributed by atoms with Crippen molar-refractivity contribution in [3.8, 4) is 16.9 Å². The standard InChI is InChI=1S/C22H19ClF3N3O2/c1-29-19(30)22(28-20(29)27)15-4-5-21(25,26)10-18(15)31-17-3-2-11(8-16(17)22)12-6-13(23)9-14(24)7-12/h2-3,6-9,15,18H,4-5,10H2,1H3,(H2,27,28). The number of hydrogen-bond donors (Lipinski definition) is 1. The van der Waals surface area contributed by atoms with Crippen molar-refractivity contribution in [3.05, 3.63) is 52.8 Å². The van der Waals surface area contributed by atoms with E-state index in [0.717, 1.165) is 0 Å². The molecule has 2 aromatic carbocycles. The van der Waals surface area contributed by atoms with E-state index in [1.807, 2.05) is 0 Å². The molecule has 1 amide bonds. The average molecular weight is 450 g/mol. The van der Waals surface area contributed by atoms with Crippen LogP contribution in [0.25, 0.3) is 11.1 Å². The number of halogens is 4. The predicted octanol–water partition coefficient (Wildman–Crippen LogP) is 4.32. The summed E-state index contributed by atoms with van der Waals surface area (Å²) in [5.74, 6) is -4.04. The molecule has 2 aliphatic heterocycles. The van der Waals surface area contributed by atoms with E-state index in [2.05, 4.69) is 4.99 Å². The maximum absolute atomic E-state index is 14.2. The van der Waals surface area contributed by atoms with E-state index in [1.165, 1.54) is 24.1 Å². The van der Waals surface area contributed by atoms with Crippen LogP contribution in [0.2, 0.25) is 5.02 Å². The van der Waals surface area contributed by atoms with Crippen LogP contribution in [0, 0.1) is 11.7 Å². The summed E-state index contributed by atoms with van der Waals surface area (Å²) in [4.78, 5) is 19.2. The fraction of sp³-hybridized carbons (Fsp3) is 0.364. The number of nitrogens with two attached hydrogens (primary N) is 1. The first-order chi connectivity index (χ1) is 14.6. The molecule has 5 nitrogen and oxygen atoms in total. The third-order valence-electron chi connectivity index (χ3n) is 6.44. The van der Waals surface area contributed by atoms with Gasteiger partial charge in [-0.2, -0.15) is 0 Å².